The predicted octanol–water partition coefficient (Wildman–Crippen LogP) is 2.01. The van der Waals surface area contributed by atoms with E-state index in [0.29, 0.717) is 17.1 Å². The van der Waals surface area contributed by atoms with Crippen molar-refractivity contribution in [1.29, 1.82) is 0 Å². The van der Waals surface area contributed by atoms with Crippen molar-refractivity contribution in [2.24, 2.45) is 5.73 Å². The first kappa shape index (κ1) is 17.2. The zero-order chi connectivity index (χ0) is 16.0. The largest absolute Gasteiger partial charge is 0.493 e. The summed E-state index contributed by atoms with van der Waals surface area (Å²) in [7, 11) is 1.52. The molecule has 2 atom stereocenters. The van der Waals surface area contributed by atoms with Crippen LogP contribution in [0.5, 0.6) is 11.5 Å². The summed E-state index contributed by atoms with van der Waals surface area (Å²) in [4.78, 5) is 12.3. The molecule has 6 heteroatoms. The van der Waals surface area contributed by atoms with Crippen LogP contribution in [0.1, 0.15) is 32.8 Å². The van der Waals surface area contributed by atoms with Crippen molar-refractivity contribution in [2.75, 3.05) is 7.11 Å². The molecule has 21 heavy (non-hydrogen) atoms. The molecule has 1 aromatic carbocycles. The third kappa shape index (κ3) is 4.90. The fraction of sp³-hybridized carbons (Fsp3) is 0.467. The molecule has 0 heterocycles. The van der Waals surface area contributed by atoms with Crippen molar-refractivity contribution in [3.8, 4) is 11.5 Å². The lowest BCUT2D eigenvalue weighted by molar-refractivity contribution is -0.127. The second-order valence-corrected chi connectivity index (χ2v) is 5.25. The van der Waals surface area contributed by atoms with Gasteiger partial charge in [-0.05, 0) is 38.5 Å². The summed E-state index contributed by atoms with van der Waals surface area (Å²) in [5, 5.41) is 2.87. The van der Waals surface area contributed by atoms with Gasteiger partial charge < -0.3 is 20.5 Å². The molecule has 5 nitrogen and oxygen atoms in total. The highest BCUT2D eigenvalue weighted by Gasteiger charge is 2.18. The average molecular weight is 310 g/mol. The first-order chi connectivity index (χ1) is 9.88. The summed E-state index contributed by atoms with van der Waals surface area (Å²) in [6.45, 7) is 5.65. The topological polar surface area (TPSA) is 73.6 Å². The van der Waals surface area contributed by atoms with E-state index in [2.05, 4.69) is 5.32 Å². The molecule has 0 aliphatic heterocycles. The minimum Gasteiger partial charge on any atom is -0.493 e. The Morgan fingerprint density at radius 2 is 2.05 bits per heavy atom. The van der Waals surface area contributed by atoms with E-state index in [-0.39, 0.29) is 16.9 Å². The van der Waals surface area contributed by atoms with Crippen LogP contribution in [0.15, 0.2) is 18.2 Å². The molecular formula is C15H22N2O3S. The van der Waals surface area contributed by atoms with Gasteiger partial charge in [-0.3, -0.25) is 4.79 Å². The zero-order valence-electron chi connectivity index (χ0n) is 12.8. The maximum Gasteiger partial charge on any atom is 0.260 e. The van der Waals surface area contributed by atoms with Crippen molar-refractivity contribution in [2.45, 2.75) is 39.3 Å². The number of carbonyl (C=O) groups excluding carboxylic acids is 1. The summed E-state index contributed by atoms with van der Waals surface area (Å²) in [6.07, 6.45) is 0.244. The number of nitrogens with one attached hydrogen (secondary N) is 1. The molecule has 1 amide bonds. The van der Waals surface area contributed by atoms with Gasteiger partial charge >= 0.3 is 0 Å². The highest BCUT2D eigenvalue weighted by atomic mass is 32.1. The van der Waals surface area contributed by atoms with Gasteiger partial charge in [-0.1, -0.05) is 19.1 Å². The van der Waals surface area contributed by atoms with E-state index < -0.39 is 6.10 Å². The molecule has 0 radical (unpaired) electrons. The standard InChI is InChI=1S/C15H22N2O3S/c1-5-9(2)17-15(18)10(3)20-12-7-6-11(14(16)21)8-13(12)19-4/h6-10H,5H2,1-4H3,(H2,16,21)(H,17,18). The van der Waals surface area contributed by atoms with Gasteiger partial charge in [-0.25, -0.2) is 0 Å². The molecule has 0 aliphatic carbocycles. The molecule has 1 aromatic rings. The Labute approximate surface area is 130 Å². The summed E-state index contributed by atoms with van der Waals surface area (Å²) < 4.78 is 10.9. The number of hydrogen-bond donors (Lipinski definition) is 2. The average Bonchev–Trinajstić information content (AvgIpc) is 2.46. The highest BCUT2D eigenvalue weighted by molar-refractivity contribution is 7.80. The molecule has 116 valence electrons. The lowest BCUT2D eigenvalue weighted by Crippen LogP contribution is -2.41. The van der Waals surface area contributed by atoms with Crippen LogP contribution in [0.4, 0.5) is 0 Å². The number of hydrogen-bond acceptors (Lipinski definition) is 4. The maximum atomic E-state index is 12.0. The van der Waals surface area contributed by atoms with Crippen LogP contribution < -0.4 is 20.5 Å². The second kappa shape index (κ2) is 7.83. The van der Waals surface area contributed by atoms with E-state index in [0.717, 1.165) is 6.42 Å². The van der Waals surface area contributed by atoms with E-state index >= 15 is 0 Å². The monoisotopic (exact) mass is 310 g/mol. The molecule has 0 aliphatic rings. The zero-order valence-corrected chi connectivity index (χ0v) is 13.6. The molecule has 1 rings (SSSR count). The molecule has 3 N–H and O–H groups in total. The highest BCUT2D eigenvalue weighted by Crippen LogP contribution is 2.29. The Hall–Kier alpha value is -1.82. The van der Waals surface area contributed by atoms with Crippen LogP contribution in [0, 0.1) is 0 Å². The van der Waals surface area contributed by atoms with E-state index in [9.17, 15) is 4.79 Å². The van der Waals surface area contributed by atoms with E-state index in [1.807, 2.05) is 13.8 Å². The normalized spacial score (nSPS) is 13.1. The summed E-state index contributed by atoms with van der Waals surface area (Å²) in [5.74, 6) is 0.803. The Balaban J connectivity index is 2.82. The number of nitrogens with two attached hydrogens (primary N) is 1. The van der Waals surface area contributed by atoms with Crippen LogP contribution in [0.3, 0.4) is 0 Å². The predicted molar refractivity (Wildman–Crippen MR) is 86.9 cm³/mol. The molecule has 0 saturated carbocycles. The molecule has 2 unspecified atom stereocenters. The van der Waals surface area contributed by atoms with Gasteiger partial charge in [-0.2, -0.15) is 0 Å². The van der Waals surface area contributed by atoms with Crippen molar-refractivity contribution in [3.05, 3.63) is 23.8 Å². The number of rotatable bonds is 7. The minimum atomic E-state index is -0.622. The summed E-state index contributed by atoms with van der Waals surface area (Å²) >= 11 is 4.92. The Bertz CT molecular complexity index is 520. The van der Waals surface area contributed by atoms with Gasteiger partial charge in [0.25, 0.3) is 5.91 Å². The fourth-order valence-corrected chi connectivity index (χ4v) is 1.75. The molecular weight excluding hydrogens is 288 g/mol. The van der Waals surface area contributed by atoms with Crippen LogP contribution in [-0.4, -0.2) is 30.2 Å². The van der Waals surface area contributed by atoms with Gasteiger partial charge in [0, 0.05) is 11.6 Å². The Morgan fingerprint density at radius 3 is 2.57 bits per heavy atom. The molecule has 0 saturated heterocycles. The summed E-state index contributed by atoms with van der Waals surface area (Å²) in [6, 6.07) is 5.24. The quantitative estimate of drug-likeness (QED) is 0.754. The number of ether oxygens (including phenoxy) is 2. The fourth-order valence-electron chi connectivity index (χ4n) is 1.62. The minimum absolute atomic E-state index is 0.113. The Kier molecular flexibility index (Phi) is 6.42. The number of thiocarbonyl (C=S) groups is 1. The maximum absolute atomic E-state index is 12.0. The number of methoxy groups -OCH3 is 1. The molecule has 0 aromatic heterocycles. The molecule has 0 fully saturated rings. The van der Waals surface area contributed by atoms with Crippen LogP contribution in [0.25, 0.3) is 0 Å². The van der Waals surface area contributed by atoms with Gasteiger partial charge in [0.05, 0.1) is 7.11 Å². The second-order valence-electron chi connectivity index (χ2n) is 4.81. The Morgan fingerprint density at radius 1 is 1.38 bits per heavy atom. The van der Waals surface area contributed by atoms with Gasteiger partial charge in [0.15, 0.2) is 17.6 Å². The van der Waals surface area contributed by atoms with Crippen molar-refractivity contribution in [1.82, 2.24) is 5.32 Å². The third-order valence-corrected chi connectivity index (χ3v) is 3.36. The van der Waals surface area contributed by atoms with Gasteiger partial charge in [0.2, 0.25) is 0 Å². The number of carbonyl (C=O) groups is 1. The van der Waals surface area contributed by atoms with Gasteiger partial charge in [0.1, 0.15) is 4.99 Å². The smallest absolute Gasteiger partial charge is 0.260 e. The first-order valence-electron chi connectivity index (χ1n) is 6.83. The van der Waals surface area contributed by atoms with Crippen LogP contribution in [-0.2, 0) is 4.79 Å². The lowest BCUT2D eigenvalue weighted by Gasteiger charge is -2.19. The first-order valence-corrected chi connectivity index (χ1v) is 7.24. The number of benzene rings is 1. The third-order valence-electron chi connectivity index (χ3n) is 3.12. The lowest BCUT2D eigenvalue weighted by atomic mass is 10.2. The van der Waals surface area contributed by atoms with Crippen molar-refractivity contribution < 1.29 is 14.3 Å². The van der Waals surface area contributed by atoms with E-state index in [4.69, 9.17) is 27.4 Å². The van der Waals surface area contributed by atoms with Gasteiger partial charge in [-0.15, -0.1) is 0 Å². The van der Waals surface area contributed by atoms with Crippen molar-refractivity contribution >= 4 is 23.1 Å². The summed E-state index contributed by atoms with van der Waals surface area (Å²) in [5.41, 5.74) is 6.26. The molecule has 0 bridgehead atoms. The molecule has 0 spiro atoms. The van der Waals surface area contributed by atoms with Crippen LogP contribution >= 0.6 is 12.2 Å². The number of amides is 1. The SMILES string of the molecule is CCC(C)NC(=O)C(C)Oc1ccc(C(N)=S)cc1OC. The van der Waals surface area contributed by atoms with E-state index in [1.165, 1.54) is 7.11 Å². The van der Waals surface area contributed by atoms with Crippen molar-refractivity contribution in [3.63, 3.8) is 0 Å². The van der Waals surface area contributed by atoms with E-state index in [1.54, 1.807) is 25.1 Å². The van der Waals surface area contributed by atoms with Crippen LogP contribution in [0.2, 0.25) is 0 Å².